The molecule has 2 amide bonds. The molecule has 0 saturated heterocycles. The fourth-order valence-electron chi connectivity index (χ4n) is 3.13. The van der Waals surface area contributed by atoms with E-state index in [-0.39, 0.29) is 23.8 Å². The molecule has 0 bridgehead atoms. The summed E-state index contributed by atoms with van der Waals surface area (Å²) in [5, 5.41) is 5.78. The lowest BCUT2D eigenvalue weighted by atomic mass is 10.1. The van der Waals surface area contributed by atoms with Crippen LogP contribution in [0.5, 0.6) is 5.75 Å². The number of primary amides is 1. The van der Waals surface area contributed by atoms with Gasteiger partial charge >= 0.3 is 0 Å². The molecule has 0 radical (unpaired) electrons. The number of carbonyl (C=O) groups excluding carboxylic acids is 2. The van der Waals surface area contributed by atoms with Crippen LogP contribution in [0.15, 0.2) is 81.1 Å². The summed E-state index contributed by atoms with van der Waals surface area (Å²) in [5.41, 5.74) is 6.26. The first-order chi connectivity index (χ1) is 14.6. The van der Waals surface area contributed by atoms with Gasteiger partial charge < -0.3 is 19.3 Å². The Balaban J connectivity index is 1.51. The molecule has 1 aliphatic heterocycles. The number of nitrogens with zero attached hydrogens (tertiary/aromatic N) is 2. The van der Waals surface area contributed by atoms with E-state index in [9.17, 15) is 9.59 Å². The molecule has 8 heteroatoms. The summed E-state index contributed by atoms with van der Waals surface area (Å²) in [7, 11) is 0. The molecule has 0 saturated carbocycles. The Morgan fingerprint density at radius 3 is 2.63 bits per heavy atom. The summed E-state index contributed by atoms with van der Waals surface area (Å²) in [6, 6.07) is 13.3. The molecule has 1 aliphatic rings. The van der Waals surface area contributed by atoms with Crippen LogP contribution < -0.4 is 10.5 Å². The molecular weight excluding hydrogens is 386 g/mol. The number of allylic oxidation sites excluding steroid dienone is 1. The highest BCUT2D eigenvalue weighted by atomic mass is 16.5. The lowest BCUT2D eigenvalue weighted by molar-refractivity contribution is -0.135. The molecule has 3 aromatic rings. The van der Waals surface area contributed by atoms with E-state index in [4.69, 9.17) is 19.3 Å². The van der Waals surface area contributed by atoms with Crippen LogP contribution in [0.3, 0.4) is 0 Å². The summed E-state index contributed by atoms with van der Waals surface area (Å²) in [6.45, 7) is -0.305. The largest absolute Gasteiger partial charge is 0.483 e. The monoisotopic (exact) mass is 405 g/mol. The maximum atomic E-state index is 12.9. The normalized spacial score (nSPS) is 16.1. The molecule has 4 rings (SSSR count). The molecule has 30 heavy (non-hydrogen) atoms. The maximum absolute atomic E-state index is 12.9. The van der Waals surface area contributed by atoms with Gasteiger partial charge in [-0.2, -0.15) is 5.10 Å². The van der Waals surface area contributed by atoms with Gasteiger partial charge in [-0.1, -0.05) is 12.1 Å². The Bertz CT molecular complexity index is 1080. The van der Waals surface area contributed by atoms with Crippen LogP contribution in [0.2, 0.25) is 0 Å². The first kappa shape index (κ1) is 19.3. The number of carbonyl (C=O) groups is 2. The topological polar surface area (TPSA) is 111 Å². The third kappa shape index (κ3) is 4.17. The van der Waals surface area contributed by atoms with Crippen LogP contribution in [0.25, 0.3) is 6.08 Å². The minimum absolute atomic E-state index is 0.208. The van der Waals surface area contributed by atoms with Crippen LogP contribution in [-0.4, -0.2) is 29.1 Å². The van der Waals surface area contributed by atoms with Gasteiger partial charge in [0.05, 0.1) is 23.8 Å². The van der Waals surface area contributed by atoms with E-state index in [1.807, 2.05) is 6.07 Å². The van der Waals surface area contributed by atoms with Crippen molar-refractivity contribution in [1.82, 2.24) is 5.01 Å². The van der Waals surface area contributed by atoms with Crippen molar-refractivity contribution < 1.29 is 23.2 Å². The summed E-state index contributed by atoms with van der Waals surface area (Å²) in [5.74, 6) is 0.539. The van der Waals surface area contributed by atoms with E-state index in [1.54, 1.807) is 67.1 Å². The van der Waals surface area contributed by atoms with Gasteiger partial charge in [-0.15, -0.1) is 0 Å². The van der Waals surface area contributed by atoms with Gasteiger partial charge in [-0.3, -0.25) is 9.59 Å². The predicted octanol–water partition coefficient (Wildman–Crippen LogP) is 3.39. The fourth-order valence-corrected chi connectivity index (χ4v) is 3.13. The molecule has 2 aromatic heterocycles. The minimum atomic E-state index is -0.629. The van der Waals surface area contributed by atoms with Crippen molar-refractivity contribution in [3.8, 4) is 5.75 Å². The smallest absolute Gasteiger partial charge is 0.281 e. The standard InChI is InChI=1S/C22H19N3O5/c23-22(27)17-6-1-2-7-19(17)30-14-21(26)25-18(20-8-4-12-29-20)13-15(24-25)9-10-16-5-3-11-28-16/h1-12,18H,13-14H2,(H2,23,27)/b10-9-/t18-/m1/s1. The molecule has 1 atom stereocenters. The summed E-state index contributed by atoms with van der Waals surface area (Å²) in [6.07, 6.45) is 7.19. The zero-order valence-corrected chi connectivity index (χ0v) is 15.9. The van der Waals surface area contributed by atoms with Gasteiger partial charge in [-0.05, 0) is 48.6 Å². The van der Waals surface area contributed by atoms with E-state index in [0.29, 0.717) is 23.7 Å². The SMILES string of the molecule is NC(=O)c1ccccc1OCC(=O)N1N=C(/C=C\c2ccco2)C[C@@H]1c1ccco1. The first-order valence-electron chi connectivity index (χ1n) is 9.28. The molecule has 152 valence electrons. The van der Waals surface area contributed by atoms with Crippen molar-refractivity contribution >= 4 is 23.6 Å². The molecule has 3 heterocycles. The Hall–Kier alpha value is -4.07. The molecular formula is C22H19N3O5. The van der Waals surface area contributed by atoms with Crippen LogP contribution in [-0.2, 0) is 4.79 Å². The number of hydrazone groups is 1. The zero-order chi connectivity index (χ0) is 20.9. The van der Waals surface area contributed by atoms with Crippen molar-refractivity contribution in [2.75, 3.05) is 6.61 Å². The number of rotatable bonds is 7. The second kappa shape index (κ2) is 8.52. The number of para-hydroxylation sites is 1. The average molecular weight is 405 g/mol. The van der Waals surface area contributed by atoms with Crippen LogP contribution >= 0.6 is 0 Å². The van der Waals surface area contributed by atoms with Gasteiger partial charge in [0, 0.05) is 6.42 Å². The maximum Gasteiger partial charge on any atom is 0.281 e. The summed E-state index contributed by atoms with van der Waals surface area (Å²) in [4.78, 5) is 24.4. The van der Waals surface area contributed by atoms with E-state index < -0.39 is 11.9 Å². The number of hydrogen-bond acceptors (Lipinski definition) is 6. The number of benzene rings is 1. The quantitative estimate of drug-likeness (QED) is 0.648. The average Bonchev–Trinajstić information content (AvgIpc) is 3.51. The third-order valence-corrected chi connectivity index (χ3v) is 4.55. The highest BCUT2D eigenvalue weighted by Gasteiger charge is 2.33. The van der Waals surface area contributed by atoms with Crippen molar-refractivity contribution in [2.45, 2.75) is 12.5 Å². The Morgan fingerprint density at radius 2 is 1.90 bits per heavy atom. The summed E-state index contributed by atoms with van der Waals surface area (Å²) < 4.78 is 16.4. The highest BCUT2D eigenvalue weighted by molar-refractivity contribution is 6.01. The lowest BCUT2D eigenvalue weighted by Gasteiger charge is -2.20. The predicted molar refractivity (Wildman–Crippen MR) is 109 cm³/mol. The second-order valence-electron chi connectivity index (χ2n) is 6.56. The molecule has 0 fully saturated rings. The van der Waals surface area contributed by atoms with Crippen molar-refractivity contribution in [3.63, 3.8) is 0 Å². The summed E-state index contributed by atoms with van der Waals surface area (Å²) >= 11 is 0. The first-order valence-corrected chi connectivity index (χ1v) is 9.28. The second-order valence-corrected chi connectivity index (χ2v) is 6.56. The van der Waals surface area contributed by atoms with E-state index >= 15 is 0 Å². The van der Waals surface area contributed by atoms with Gasteiger partial charge in [0.2, 0.25) is 0 Å². The Morgan fingerprint density at radius 1 is 1.10 bits per heavy atom. The Labute approximate surface area is 172 Å². The van der Waals surface area contributed by atoms with E-state index in [1.165, 1.54) is 5.01 Å². The lowest BCUT2D eigenvalue weighted by Crippen LogP contribution is -2.31. The molecule has 1 aromatic carbocycles. The highest BCUT2D eigenvalue weighted by Crippen LogP contribution is 2.32. The van der Waals surface area contributed by atoms with Gasteiger partial charge in [0.1, 0.15) is 23.3 Å². The van der Waals surface area contributed by atoms with E-state index in [0.717, 1.165) is 0 Å². The zero-order valence-electron chi connectivity index (χ0n) is 15.9. The van der Waals surface area contributed by atoms with Gasteiger partial charge in [-0.25, -0.2) is 5.01 Å². The van der Waals surface area contributed by atoms with E-state index in [2.05, 4.69) is 5.10 Å². The number of ether oxygens (including phenoxy) is 1. The Kier molecular flexibility index (Phi) is 5.47. The molecule has 0 spiro atoms. The minimum Gasteiger partial charge on any atom is -0.483 e. The number of amides is 2. The number of hydrogen-bond donors (Lipinski definition) is 1. The molecule has 2 N–H and O–H groups in total. The van der Waals surface area contributed by atoms with Crippen LogP contribution in [0.1, 0.15) is 34.3 Å². The third-order valence-electron chi connectivity index (χ3n) is 4.55. The molecule has 8 nitrogen and oxygen atoms in total. The molecule has 0 unspecified atom stereocenters. The van der Waals surface area contributed by atoms with Crippen molar-refractivity contribution in [3.05, 3.63) is 84.2 Å². The van der Waals surface area contributed by atoms with Crippen molar-refractivity contribution in [1.29, 1.82) is 0 Å². The van der Waals surface area contributed by atoms with Crippen LogP contribution in [0.4, 0.5) is 0 Å². The fraction of sp³-hybridized carbons (Fsp3) is 0.136. The van der Waals surface area contributed by atoms with Gasteiger partial charge in [0.15, 0.2) is 6.61 Å². The number of nitrogens with two attached hydrogens (primary N) is 1. The molecule has 0 aliphatic carbocycles. The van der Waals surface area contributed by atoms with Gasteiger partial charge in [0.25, 0.3) is 11.8 Å². The van der Waals surface area contributed by atoms with Crippen LogP contribution in [0, 0.1) is 0 Å². The number of furan rings is 2. The van der Waals surface area contributed by atoms with Crippen molar-refractivity contribution in [2.24, 2.45) is 10.8 Å².